The van der Waals surface area contributed by atoms with Crippen molar-refractivity contribution in [3.05, 3.63) is 57.6 Å². The molecule has 30 heavy (non-hydrogen) atoms. The van der Waals surface area contributed by atoms with E-state index in [0.717, 1.165) is 6.54 Å². The van der Waals surface area contributed by atoms with Crippen LogP contribution in [0.25, 0.3) is 11.1 Å². The molecule has 0 aliphatic carbocycles. The van der Waals surface area contributed by atoms with Crippen LogP contribution in [0.15, 0.2) is 40.2 Å². The lowest BCUT2D eigenvalue weighted by atomic mass is 10.00. The fraction of sp³-hybridized carbons (Fsp3) is 0.263. The van der Waals surface area contributed by atoms with Crippen molar-refractivity contribution in [1.82, 2.24) is 35.8 Å². The summed E-state index contributed by atoms with van der Waals surface area (Å²) in [6.45, 7) is 1.24. The van der Waals surface area contributed by atoms with Gasteiger partial charge in [-0.2, -0.15) is 10.5 Å². The van der Waals surface area contributed by atoms with Gasteiger partial charge in [0.15, 0.2) is 5.82 Å². The standard InChI is InChI=1S/C19H20N8O2S/c1-27(2)7-6-21-18(29)13-5-3-4-12(8-13)14-9-17(28)22-19(15(14)10-20)30-11-16-23-25-26-24-16/h3-5,8-9H,6-7,11H2,1-2H3,(H,21,29)(H,22,28)(H,23,24,25,26). The minimum atomic E-state index is -0.347. The van der Waals surface area contributed by atoms with Crippen LogP contribution in [0.3, 0.4) is 0 Å². The maximum Gasteiger partial charge on any atom is 0.251 e. The van der Waals surface area contributed by atoms with Crippen LogP contribution in [0.2, 0.25) is 0 Å². The van der Waals surface area contributed by atoms with Crippen molar-refractivity contribution in [2.75, 3.05) is 27.2 Å². The second-order valence-corrected chi connectivity index (χ2v) is 7.61. The maximum atomic E-state index is 12.4. The number of benzene rings is 1. The molecule has 2 heterocycles. The molecule has 10 nitrogen and oxygen atoms in total. The number of carbonyl (C=O) groups is 1. The van der Waals surface area contributed by atoms with Crippen LogP contribution in [0.5, 0.6) is 0 Å². The zero-order chi connectivity index (χ0) is 21.5. The van der Waals surface area contributed by atoms with Gasteiger partial charge >= 0.3 is 0 Å². The van der Waals surface area contributed by atoms with Gasteiger partial charge in [-0.1, -0.05) is 29.1 Å². The van der Waals surface area contributed by atoms with E-state index in [2.05, 4.69) is 37.0 Å². The van der Waals surface area contributed by atoms with E-state index in [4.69, 9.17) is 0 Å². The van der Waals surface area contributed by atoms with Crippen molar-refractivity contribution in [1.29, 1.82) is 5.26 Å². The number of amides is 1. The number of hydrogen-bond acceptors (Lipinski definition) is 8. The van der Waals surface area contributed by atoms with Crippen molar-refractivity contribution in [2.24, 2.45) is 0 Å². The summed E-state index contributed by atoms with van der Waals surface area (Å²) in [7, 11) is 3.86. The molecule has 0 saturated carbocycles. The lowest BCUT2D eigenvalue weighted by molar-refractivity contribution is 0.0951. The molecule has 0 fully saturated rings. The van der Waals surface area contributed by atoms with Gasteiger partial charge in [0.05, 0.1) is 16.3 Å². The molecule has 0 aliphatic rings. The number of likely N-dealkylation sites (N-methyl/N-ethyl adjacent to an activating group) is 1. The smallest absolute Gasteiger partial charge is 0.251 e. The summed E-state index contributed by atoms with van der Waals surface area (Å²) >= 11 is 1.23. The minimum absolute atomic E-state index is 0.214. The first-order valence-corrected chi connectivity index (χ1v) is 10.0. The Bertz CT molecular complexity index is 1120. The molecule has 0 aliphatic heterocycles. The van der Waals surface area contributed by atoms with Crippen LogP contribution < -0.4 is 10.9 Å². The molecule has 3 rings (SSSR count). The van der Waals surface area contributed by atoms with Gasteiger partial charge in [0.2, 0.25) is 5.56 Å². The van der Waals surface area contributed by atoms with Crippen molar-refractivity contribution in [2.45, 2.75) is 10.8 Å². The van der Waals surface area contributed by atoms with Crippen LogP contribution in [-0.4, -0.2) is 63.6 Å². The van der Waals surface area contributed by atoms with Gasteiger partial charge in [-0.3, -0.25) is 9.59 Å². The Morgan fingerprint density at radius 1 is 1.33 bits per heavy atom. The Morgan fingerprint density at radius 3 is 2.87 bits per heavy atom. The third kappa shape index (κ3) is 5.31. The predicted octanol–water partition coefficient (Wildman–Crippen LogP) is 1.01. The SMILES string of the molecule is CN(C)CCNC(=O)c1cccc(-c2cc(=O)[nH]c(SCc3nn[nH]n3)c2C#N)c1. The number of hydrogen-bond donors (Lipinski definition) is 3. The number of aromatic amines is 2. The summed E-state index contributed by atoms with van der Waals surface area (Å²) in [5.74, 6) is 0.569. The zero-order valence-electron chi connectivity index (χ0n) is 16.5. The van der Waals surface area contributed by atoms with E-state index in [1.54, 1.807) is 24.3 Å². The molecule has 154 valence electrons. The highest BCUT2D eigenvalue weighted by Crippen LogP contribution is 2.30. The Kier molecular flexibility index (Phi) is 6.95. The van der Waals surface area contributed by atoms with E-state index in [1.165, 1.54) is 17.8 Å². The highest BCUT2D eigenvalue weighted by molar-refractivity contribution is 7.98. The highest BCUT2D eigenvalue weighted by Gasteiger charge is 2.15. The number of nitrogens with one attached hydrogen (secondary N) is 3. The van der Waals surface area contributed by atoms with Gasteiger partial charge in [0.1, 0.15) is 6.07 Å². The number of tetrazole rings is 1. The number of aromatic nitrogens is 5. The van der Waals surface area contributed by atoms with Gasteiger partial charge in [0.25, 0.3) is 5.91 Å². The van der Waals surface area contributed by atoms with E-state index in [1.807, 2.05) is 19.0 Å². The summed E-state index contributed by atoms with van der Waals surface area (Å²) in [6, 6.07) is 10.4. The van der Waals surface area contributed by atoms with Gasteiger partial charge in [-0.25, -0.2) is 0 Å². The Labute approximate surface area is 176 Å². The molecule has 2 aromatic heterocycles. The normalized spacial score (nSPS) is 10.7. The van der Waals surface area contributed by atoms with Crippen molar-refractivity contribution < 1.29 is 4.79 Å². The third-order valence-corrected chi connectivity index (χ3v) is 5.13. The molecule has 1 amide bonds. The van der Waals surface area contributed by atoms with Crippen LogP contribution >= 0.6 is 11.8 Å². The maximum absolute atomic E-state index is 12.4. The van der Waals surface area contributed by atoms with Gasteiger partial charge in [0, 0.05) is 30.3 Å². The second kappa shape index (κ2) is 9.82. The second-order valence-electron chi connectivity index (χ2n) is 6.62. The quantitative estimate of drug-likeness (QED) is 0.455. The third-order valence-electron chi connectivity index (χ3n) is 4.14. The number of nitrogens with zero attached hydrogens (tertiary/aromatic N) is 5. The van der Waals surface area contributed by atoms with Crippen LogP contribution in [0.1, 0.15) is 21.7 Å². The molecule has 0 unspecified atom stereocenters. The van der Waals surface area contributed by atoms with Crippen LogP contribution in [0.4, 0.5) is 0 Å². The lowest BCUT2D eigenvalue weighted by Crippen LogP contribution is -2.31. The van der Waals surface area contributed by atoms with E-state index in [0.29, 0.717) is 45.4 Å². The summed E-state index contributed by atoms with van der Waals surface area (Å²) < 4.78 is 0. The first kappa shape index (κ1) is 21.2. The molecule has 0 bridgehead atoms. The minimum Gasteiger partial charge on any atom is -0.351 e. The van der Waals surface area contributed by atoms with E-state index in [9.17, 15) is 14.9 Å². The topological polar surface area (TPSA) is 143 Å². The number of carbonyl (C=O) groups excluding carboxylic acids is 1. The molecular weight excluding hydrogens is 404 g/mol. The molecule has 11 heteroatoms. The monoisotopic (exact) mass is 424 g/mol. The lowest BCUT2D eigenvalue weighted by Gasteiger charge is -2.12. The number of nitriles is 1. The molecule has 0 radical (unpaired) electrons. The Hall–Kier alpha value is -3.49. The van der Waals surface area contributed by atoms with E-state index >= 15 is 0 Å². The average molecular weight is 424 g/mol. The molecular formula is C19H20N8O2S. The summed E-state index contributed by atoms with van der Waals surface area (Å²) in [5.41, 5.74) is 1.49. The fourth-order valence-electron chi connectivity index (χ4n) is 2.69. The molecule has 3 aromatic rings. The van der Waals surface area contributed by atoms with Gasteiger partial charge in [-0.15, -0.1) is 10.2 Å². The van der Waals surface area contributed by atoms with Crippen molar-refractivity contribution in [3.63, 3.8) is 0 Å². The number of thioether (sulfide) groups is 1. The number of pyridine rings is 1. The van der Waals surface area contributed by atoms with E-state index < -0.39 is 0 Å². The Morgan fingerprint density at radius 2 is 2.17 bits per heavy atom. The van der Waals surface area contributed by atoms with E-state index in [-0.39, 0.29) is 11.5 Å². The van der Waals surface area contributed by atoms with Crippen LogP contribution in [0, 0.1) is 11.3 Å². The largest absolute Gasteiger partial charge is 0.351 e. The predicted molar refractivity (Wildman–Crippen MR) is 112 cm³/mol. The van der Waals surface area contributed by atoms with Gasteiger partial charge < -0.3 is 15.2 Å². The summed E-state index contributed by atoms with van der Waals surface area (Å²) in [5, 5.41) is 26.6. The Balaban J connectivity index is 1.88. The average Bonchev–Trinajstić information content (AvgIpc) is 3.25. The molecule has 0 atom stereocenters. The fourth-order valence-corrected chi connectivity index (χ4v) is 3.55. The first-order valence-electron chi connectivity index (χ1n) is 9.04. The number of H-pyrrole nitrogens is 2. The summed E-state index contributed by atoms with van der Waals surface area (Å²) in [6.07, 6.45) is 0. The van der Waals surface area contributed by atoms with Crippen molar-refractivity contribution in [3.8, 4) is 17.2 Å². The zero-order valence-corrected chi connectivity index (χ0v) is 17.3. The molecule has 1 aromatic carbocycles. The molecule has 0 spiro atoms. The van der Waals surface area contributed by atoms with Crippen molar-refractivity contribution >= 4 is 17.7 Å². The van der Waals surface area contributed by atoms with Crippen LogP contribution in [-0.2, 0) is 5.75 Å². The number of rotatable bonds is 8. The molecule has 3 N–H and O–H groups in total. The van der Waals surface area contributed by atoms with Gasteiger partial charge in [-0.05, 0) is 31.8 Å². The highest BCUT2D eigenvalue weighted by atomic mass is 32.2. The molecule has 0 saturated heterocycles. The summed E-state index contributed by atoms with van der Waals surface area (Å²) in [4.78, 5) is 29.3. The first-order chi connectivity index (χ1) is 14.5.